The predicted octanol–water partition coefficient (Wildman–Crippen LogP) is 5.27. The third kappa shape index (κ3) is 3.79. The van der Waals surface area contributed by atoms with Crippen molar-refractivity contribution in [3.63, 3.8) is 0 Å². The summed E-state index contributed by atoms with van der Waals surface area (Å²) in [6, 6.07) is 10.9. The van der Waals surface area contributed by atoms with E-state index in [2.05, 4.69) is 31.9 Å². The Labute approximate surface area is 261 Å². The molecular formula is C29H22Br2Cl2N2O6. The Hall–Kier alpha value is -2.53. The number of phenols is 1. The molecule has 6 unspecified atom stereocenters. The molecule has 4 aliphatic rings. The number of amides is 4. The molecule has 0 radical (unpaired) electrons. The summed E-state index contributed by atoms with van der Waals surface area (Å²) in [5, 5.41) is 11.0. The summed E-state index contributed by atoms with van der Waals surface area (Å²) in [6.07, 6.45) is 1.85. The highest BCUT2D eigenvalue weighted by molar-refractivity contribution is 9.10. The van der Waals surface area contributed by atoms with Gasteiger partial charge in [-0.15, -0.1) is 23.2 Å². The minimum atomic E-state index is -2.00. The SMILES string of the molecule is CC(=O)c1ccc(N2C(=O)C3CC=C4C(CC5(Cl)C(=O)N(CBr)C(=O)C5(Cl)C4c4cc(Br)ccc4O)C3C2=O)cc1. The smallest absolute Gasteiger partial charge is 0.254 e. The molecule has 2 heterocycles. The highest BCUT2D eigenvalue weighted by Gasteiger charge is 2.76. The van der Waals surface area contributed by atoms with Gasteiger partial charge in [-0.3, -0.25) is 33.8 Å². The van der Waals surface area contributed by atoms with Crippen LogP contribution >= 0.6 is 55.1 Å². The molecule has 2 aliphatic carbocycles. The lowest BCUT2D eigenvalue weighted by atomic mass is 9.56. The summed E-state index contributed by atoms with van der Waals surface area (Å²) in [7, 11) is 0. The fourth-order valence-electron chi connectivity index (χ4n) is 6.95. The van der Waals surface area contributed by atoms with Gasteiger partial charge in [-0.2, -0.15) is 0 Å². The van der Waals surface area contributed by atoms with Gasteiger partial charge in [0.2, 0.25) is 11.8 Å². The number of hydrogen-bond donors (Lipinski definition) is 1. The summed E-state index contributed by atoms with van der Waals surface area (Å²) < 4.78 is 0.601. The molecule has 41 heavy (non-hydrogen) atoms. The summed E-state index contributed by atoms with van der Waals surface area (Å²) in [5.74, 6) is -5.93. The zero-order chi connectivity index (χ0) is 29.6. The Balaban J connectivity index is 1.50. The average molecular weight is 725 g/mol. The van der Waals surface area contributed by atoms with Crippen molar-refractivity contribution in [2.45, 2.75) is 35.4 Å². The van der Waals surface area contributed by atoms with Gasteiger partial charge in [0, 0.05) is 21.5 Å². The Morgan fingerprint density at radius 3 is 2.34 bits per heavy atom. The van der Waals surface area contributed by atoms with Crippen LogP contribution in [0.5, 0.6) is 5.75 Å². The van der Waals surface area contributed by atoms with Gasteiger partial charge in [0.1, 0.15) is 5.75 Å². The van der Waals surface area contributed by atoms with Gasteiger partial charge in [-0.05, 0) is 68.1 Å². The van der Waals surface area contributed by atoms with Crippen LogP contribution in [0.4, 0.5) is 5.69 Å². The zero-order valence-electron chi connectivity index (χ0n) is 21.4. The molecule has 1 saturated carbocycles. The van der Waals surface area contributed by atoms with Gasteiger partial charge in [0.25, 0.3) is 11.8 Å². The number of fused-ring (bicyclic) bond motifs is 4. The molecule has 2 aromatic carbocycles. The molecule has 8 nitrogen and oxygen atoms in total. The topological polar surface area (TPSA) is 112 Å². The van der Waals surface area contributed by atoms with E-state index in [1.807, 2.05) is 0 Å². The van der Waals surface area contributed by atoms with Crippen molar-refractivity contribution in [1.29, 1.82) is 0 Å². The number of aromatic hydroxyl groups is 1. The standard InChI is InChI=1S/C29H22Br2Cl2N2O6/c1-13(36)14-2-5-16(6-3-14)35-24(38)18-8-7-17-20(22(18)25(35)39)11-28(32)26(40)34(12-30)27(41)29(28,33)23(17)19-10-15(31)4-9-21(19)37/h2-7,9-10,18,20,22-23,37H,8,11-12H2,1H3. The first-order valence-electron chi connectivity index (χ1n) is 12.8. The number of anilines is 1. The van der Waals surface area contributed by atoms with Crippen LogP contribution in [0.2, 0.25) is 0 Å². The van der Waals surface area contributed by atoms with Gasteiger partial charge in [0.15, 0.2) is 15.5 Å². The Morgan fingerprint density at radius 1 is 1.02 bits per heavy atom. The van der Waals surface area contributed by atoms with Crippen molar-refractivity contribution in [3.05, 3.63) is 69.7 Å². The number of rotatable bonds is 4. The molecule has 0 bridgehead atoms. The quantitative estimate of drug-likeness (QED) is 0.151. The van der Waals surface area contributed by atoms with Gasteiger partial charge < -0.3 is 5.11 Å². The number of imide groups is 2. The third-order valence-corrected chi connectivity index (χ3v) is 11.3. The van der Waals surface area contributed by atoms with Crippen LogP contribution in [0, 0.1) is 17.8 Å². The van der Waals surface area contributed by atoms with Crippen molar-refractivity contribution >= 4 is 90.2 Å². The second-order valence-corrected chi connectivity index (χ2v) is 13.5. The molecule has 6 atom stereocenters. The van der Waals surface area contributed by atoms with Gasteiger partial charge in [-0.25, -0.2) is 0 Å². The normalized spacial score (nSPS) is 32.6. The van der Waals surface area contributed by atoms with Crippen molar-refractivity contribution in [1.82, 2.24) is 4.90 Å². The molecule has 0 spiro atoms. The Morgan fingerprint density at radius 2 is 1.71 bits per heavy atom. The lowest BCUT2D eigenvalue weighted by Gasteiger charge is -2.50. The number of phenolic OH excluding ortho intramolecular Hbond substituents is 1. The first kappa shape index (κ1) is 28.6. The first-order valence-corrected chi connectivity index (χ1v) is 15.5. The largest absolute Gasteiger partial charge is 0.508 e. The summed E-state index contributed by atoms with van der Waals surface area (Å²) >= 11 is 21.0. The number of carbonyl (C=O) groups is 5. The number of ketones is 1. The van der Waals surface area contributed by atoms with Crippen molar-refractivity contribution in [2.75, 3.05) is 10.4 Å². The Bertz CT molecular complexity index is 1600. The lowest BCUT2D eigenvalue weighted by molar-refractivity contribution is -0.138. The lowest BCUT2D eigenvalue weighted by Crippen LogP contribution is -2.60. The van der Waals surface area contributed by atoms with Crippen LogP contribution < -0.4 is 4.90 Å². The number of Topliss-reactive ketones (excluding diaryl/α,β-unsaturated/α-hetero) is 1. The van der Waals surface area contributed by atoms with E-state index in [4.69, 9.17) is 23.2 Å². The van der Waals surface area contributed by atoms with E-state index in [-0.39, 0.29) is 35.4 Å². The number of nitrogens with zero attached hydrogens (tertiary/aromatic N) is 2. The zero-order valence-corrected chi connectivity index (χ0v) is 26.1. The van der Waals surface area contributed by atoms with Crippen LogP contribution in [0.1, 0.15) is 41.6 Å². The molecule has 12 heteroatoms. The first-order chi connectivity index (χ1) is 19.4. The molecule has 4 amide bonds. The predicted molar refractivity (Wildman–Crippen MR) is 158 cm³/mol. The molecule has 1 N–H and O–H groups in total. The number of halogens is 4. The van der Waals surface area contributed by atoms with E-state index in [1.54, 1.807) is 42.5 Å². The maximum absolute atomic E-state index is 14.0. The van der Waals surface area contributed by atoms with Crippen molar-refractivity contribution in [2.24, 2.45) is 17.8 Å². The van der Waals surface area contributed by atoms with Crippen LogP contribution in [-0.2, 0) is 19.2 Å². The van der Waals surface area contributed by atoms with Crippen LogP contribution in [-0.4, -0.2) is 54.6 Å². The van der Waals surface area contributed by atoms with E-state index < -0.39 is 57.0 Å². The monoisotopic (exact) mass is 722 g/mol. The second kappa shape index (κ2) is 9.76. The fraction of sp³-hybridized carbons (Fsp3) is 0.345. The summed E-state index contributed by atoms with van der Waals surface area (Å²) in [6.45, 7) is 1.43. The van der Waals surface area contributed by atoms with Crippen LogP contribution in [0.3, 0.4) is 0 Å². The van der Waals surface area contributed by atoms with Crippen molar-refractivity contribution in [3.8, 4) is 5.75 Å². The summed E-state index contributed by atoms with van der Waals surface area (Å²) in [4.78, 5) is 65.1. The highest BCUT2D eigenvalue weighted by Crippen LogP contribution is 2.66. The van der Waals surface area contributed by atoms with Gasteiger partial charge >= 0.3 is 0 Å². The maximum atomic E-state index is 14.0. The molecule has 2 aliphatic heterocycles. The molecule has 212 valence electrons. The fourth-order valence-corrected chi connectivity index (χ4v) is 8.75. The summed E-state index contributed by atoms with van der Waals surface area (Å²) in [5.41, 5.74) is 1.50. The number of allylic oxidation sites excluding steroid dienone is 2. The van der Waals surface area contributed by atoms with E-state index in [0.29, 0.717) is 21.3 Å². The molecular weight excluding hydrogens is 703 g/mol. The van der Waals surface area contributed by atoms with E-state index in [9.17, 15) is 29.1 Å². The average Bonchev–Trinajstić information content (AvgIpc) is 3.28. The number of carbonyl (C=O) groups excluding carboxylic acids is 5. The van der Waals surface area contributed by atoms with E-state index >= 15 is 0 Å². The third-order valence-electron chi connectivity index (χ3n) is 8.85. The molecule has 2 aromatic rings. The highest BCUT2D eigenvalue weighted by atomic mass is 79.9. The van der Waals surface area contributed by atoms with Crippen molar-refractivity contribution < 1.29 is 29.1 Å². The van der Waals surface area contributed by atoms with E-state index in [1.165, 1.54) is 13.0 Å². The molecule has 3 fully saturated rings. The second-order valence-electron chi connectivity index (χ2n) is 10.8. The number of hydrogen-bond acceptors (Lipinski definition) is 6. The Kier molecular flexibility index (Phi) is 6.80. The van der Waals surface area contributed by atoms with Gasteiger partial charge in [-0.1, -0.05) is 43.5 Å². The molecule has 6 rings (SSSR count). The van der Waals surface area contributed by atoms with Gasteiger partial charge in [0.05, 0.1) is 23.0 Å². The maximum Gasteiger partial charge on any atom is 0.254 e. The number of alkyl halides is 3. The van der Waals surface area contributed by atoms with Crippen LogP contribution in [0.25, 0.3) is 0 Å². The number of likely N-dealkylation sites (tertiary alicyclic amines) is 1. The van der Waals surface area contributed by atoms with E-state index in [0.717, 1.165) is 9.80 Å². The minimum absolute atomic E-state index is 0.137. The van der Waals surface area contributed by atoms with Crippen LogP contribution in [0.15, 0.2) is 58.6 Å². The minimum Gasteiger partial charge on any atom is -0.508 e. The molecule has 2 saturated heterocycles. The number of benzene rings is 2. The molecule has 0 aromatic heterocycles.